The molecular formula is C42H25NS. The van der Waals surface area contributed by atoms with Gasteiger partial charge in [-0.05, 0) is 98.1 Å². The van der Waals surface area contributed by atoms with Gasteiger partial charge < -0.3 is 4.90 Å². The van der Waals surface area contributed by atoms with Crippen LogP contribution in [-0.4, -0.2) is 0 Å². The van der Waals surface area contributed by atoms with Gasteiger partial charge in [-0.2, -0.15) is 0 Å². The maximum absolute atomic E-state index is 2.45. The SMILES string of the molecule is c1ccc(N(c2ccc3c(c2)-c2c4cccc2-c2cccc-3c2-c2ccccc2-4)c2cccc3sc4ccccc4c23)cc1. The lowest BCUT2D eigenvalue weighted by atomic mass is 9.83. The van der Waals surface area contributed by atoms with E-state index in [4.69, 9.17) is 0 Å². The van der Waals surface area contributed by atoms with Crippen molar-refractivity contribution >= 4 is 48.6 Å². The van der Waals surface area contributed by atoms with Crippen LogP contribution in [-0.2, 0) is 0 Å². The van der Waals surface area contributed by atoms with Gasteiger partial charge in [-0.1, -0.05) is 109 Å². The van der Waals surface area contributed by atoms with Gasteiger partial charge in [0.2, 0.25) is 0 Å². The lowest BCUT2D eigenvalue weighted by Gasteiger charge is -2.28. The van der Waals surface area contributed by atoms with Crippen molar-refractivity contribution in [2.75, 3.05) is 4.90 Å². The molecule has 0 atom stereocenters. The zero-order valence-electron chi connectivity index (χ0n) is 23.8. The topological polar surface area (TPSA) is 3.24 Å². The molecule has 0 amide bonds. The van der Waals surface area contributed by atoms with Gasteiger partial charge in [0.25, 0.3) is 0 Å². The van der Waals surface area contributed by atoms with Gasteiger partial charge in [-0.15, -0.1) is 11.3 Å². The van der Waals surface area contributed by atoms with Gasteiger partial charge in [-0.3, -0.25) is 0 Å². The maximum Gasteiger partial charge on any atom is 0.0554 e. The minimum atomic E-state index is 1.15. The summed E-state index contributed by atoms with van der Waals surface area (Å²) in [7, 11) is 0. The zero-order valence-corrected chi connectivity index (χ0v) is 24.6. The molecule has 0 saturated carbocycles. The van der Waals surface area contributed by atoms with Crippen LogP contribution in [0.3, 0.4) is 0 Å². The smallest absolute Gasteiger partial charge is 0.0554 e. The third-order valence-corrected chi connectivity index (χ3v) is 10.5. The summed E-state index contributed by atoms with van der Waals surface area (Å²) in [6.45, 7) is 0. The first-order valence-corrected chi connectivity index (χ1v) is 15.9. The van der Waals surface area contributed by atoms with Crippen LogP contribution < -0.4 is 4.90 Å². The molecule has 1 aromatic heterocycles. The predicted molar refractivity (Wildman–Crippen MR) is 188 cm³/mol. The second kappa shape index (κ2) is 9.03. The van der Waals surface area contributed by atoms with Crippen LogP contribution in [0.5, 0.6) is 0 Å². The summed E-state index contributed by atoms with van der Waals surface area (Å²) in [6, 6.07) is 56.0. The predicted octanol–water partition coefficient (Wildman–Crippen LogP) is 12.5. The molecule has 10 rings (SSSR count). The van der Waals surface area contributed by atoms with E-state index in [1.165, 1.54) is 81.5 Å². The van der Waals surface area contributed by atoms with Gasteiger partial charge in [0, 0.05) is 31.5 Å². The van der Waals surface area contributed by atoms with Crippen LogP contribution in [0, 0.1) is 0 Å². The molecule has 0 saturated heterocycles. The molecule has 0 N–H and O–H groups in total. The molecule has 204 valence electrons. The van der Waals surface area contributed by atoms with E-state index in [0.717, 1.165) is 11.4 Å². The number of thiophene rings is 1. The molecular weight excluding hydrogens is 551 g/mol. The quantitative estimate of drug-likeness (QED) is 0.202. The van der Waals surface area contributed by atoms with Crippen LogP contribution in [0.15, 0.2) is 152 Å². The van der Waals surface area contributed by atoms with Gasteiger partial charge in [-0.25, -0.2) is 0 Å². The van der Waals surface area contributed by atoms with E-state index in [-0.39, 0.29) is 0 Å². The lowest BCUT2D eigenvalue weighted by molar-refractivity contribution is 1.30. The van der Waals surface area contributed by atoms with E-state index in [1.807, 2.05) is 11.3 Å². The summed E-state index contributed by atoms with van der Waals surface area (Å²) >= 11 is 1.87. The van der Waals surface area contributed by atoms with E-state index in [1.54, 1.807) is 0 Å². The standard InChI is InChI=1S/C42H25NS/c1-2-11-26(12-3-1)43(37-20-10-22-39-42(37)35-15-6-7-21-38(35)44-39)27-23-24-29-32-17-9-18-33-34-19-8-16-31(41(34)36(29)25-27)28-13-4-5-14-30(28)40(32)33/h1-25H. The molecule has 44 heavy (non-hydrogen) atoms. The van der Waals surface area contributed by atoms with Crippen molar-refractivity contribution in [2.45, 2.75) is 0 Å². The number of nitrogens with zero attached hydrogens (tertiary/aromatic N) is 1. The minimum absolute atomic E-state index is 1.15. The number of fused-ring (bicyclic) bond motifs is 7. The Labute approximate surface area is 259 Å². The molecule has 0 spiro atoms. The maximum atomic E-state index is 2.45. The largest absolute Gasteiger partial charge is 0.310 e. The Hall–Kier alpha value is -5.44. The lowest BCUT2D eigenvalue weighted by Crippen LogP contribution is -2.10. The summed E-state index contributed by atoms with van der Waals surface area (Å²) < 4.78 is 2.62. The van der Waals surface area contributed by atoms with E-state index in [0.29, 0.717) is 0 Å². The van der Waals surface area contributed by atoms with E-state index < -0.39 is 0 Å². The van der Waals surface area contributed by atoms with Crippen molar-refractivity contribution in [3.63, 3.8) is 0 Å². The molecule has 6 bridgehead atoms. The number of para-hydroxylation sites is 1. The molecule has 0 fully saturated rings. The first-order valence-electron chi connectivity index (χ1n) is 15.1. The van der Waals surface area contributed by atoms with Crippen LogP contribution in [0.1, 0.15) is 0 Å². The van der Waals surface area contributed by atoms with Crippen molar-refractivity contribution in [2.24, 2.45) is 0 Å². The molecule has 2 aliphatic carbocycles. The van der Waals surface area contributed by atoms with Crippen LogP contribution >= 0.6 is 11.3 Å². The Morgan fingerprint density at radius 2 is 0.932 bits per heavy atom. The van der Waals surface area contributed by atoms with E-state index in [9.17, 15) is 0 Å². The Balaban J connectivity index is 1.30. The highest BCUT2D eigenvalue weighted by atomic mass is 32.1. The normalized spacial score (nSPS) is 12.1. The van der Waals surface area contributed by atoms with Gasteiger partial charge >= 0.3 is 0 Å². The monoisotopic (exact) mass is 575 g/mol. The van der Waals surface area contributed by atoms with E-state index >= 15 is 0 Å². The molecule has 2 aliphatic rings. The highest BCUT2D eigenvalue weighted by Gasteiger charge is 2.31. The molecule has 2 heteroatoms. The Kier molecular flexibility index (Phi) is 4.94. The van der Waals surface area contributed by atoms with Crippen LogP contribution in [0.2, 0.25) is 0 Å². The Bertz CT molecular complexity index is 2430. The number of benzene rings is 7. The first kappa shape index (κ1) is 24.0. The van der Waals surface area contributed by atoms with Crippen molar-refractivity contribution in [3.8, 4) is 55.6 Å². The fraction of sp³-hybridized carbons (Fsp3) is 0. The van der Waals surface area contributed by atoms with Gasteiger partial charge in [0.15, 0.2) is 0 Å². The average Bonchev–Trinajstić information content (AvgIpc) is 3.42. The molecule has 0 unspecified atom stereocenters. The molecule has 7 aromatic carbocycles. The van der Waals surface area contributed by atoms with Crippen molar-refractivity contribution in [1.82, 2.24) is 0 Å². The second-order valence-corrected chi connectivity index (χ2v) is 12.7. The summed E-state index contributed by atoms with van der Waals surface area (Å²) in [5.74, 6) is 0. The highest BCUT2D eigenvalue weighted by molar-refractivity contribution is 7.26. The number of rotatable bonds is 3. The third kappa shape index (κ3) is 3.23. The first-order chi connectivity index (χ1) is 21.8. The average molecular weight is 576 g/mol. The van der Waals surface area contributed by atoms with Gasteiger partial charge in [0.1, 0.15) is 0 Å². The summed E-state index contributed by atoms with van der Waals surface area (Å²) in [5, 5.41) is 2.61. The highest BCUT2D eigenvalue weighted by Crippen LogP contribution is 2.58. The third-order valence-electron chi connectivity index (χ3n) is 9.36. The zero-order chi connectivity index (χ0) is 28.8. The Morgan fingerprint density at radius 3 is 1.73 bits per heavy atom. The van der Waals surface area contributed by atoms with Crippen molar-refractivity contribution in [1.29, 1.82) is 0 Å². The van der Waals surface area contributed by atoms with E-state index in [2.05, 4.69) is 157 Å². The Morgan fingerprint density at radius 1 is 0.364 bits per heavy atom. The summed E-state index contributed by atoms with van der Waals surface area (Å²) in [6.07, 6.45) is 0. The van der Waals surface area contributed by atoms with Crippen molar-refractivity contribution in [3.05, 3.63) is 152 Å². The molecule has 0 radical (unpaired) electrons. The molecule has 1 heterocycles. The fourth-order valence-electron chi connectivity index (χ4n) is 7.58. The molecule has 0 aliphatic heterocycles. The van der Waals surface area contributed by atoms with Crippen molar-refractivity contribution < 1.29 is 0 Å². The minimum Gasteiger partial charge on any atom is -0.310 e. The summed E-state index contributed by atoms with van der Waals surface area (Å²) in [4.78, 5) is 2.45. The molecule has 1 nitrogen and oxygen atoms in total. The number of anilines is 3. The molecule has 8 aromatic rings. The number of hydrogen-bond acceptors (Lipinski definition) is 2. The second-order valence-electron chi connectivity index (χ2n) is 11.7. The van der Waals surface area contributed by atoms with Gasteiger partial charge in [0.05, 0.1) is 5.69 Å². The number of hydrogen-bond donors (Lipinski definition) is 0. The van der Waals surface area contributed by atoms with Crippen LogP contribution in [0.25, 0.3) is 75.8 Å². The van der Waals surface area contributed by atoms with Crippen LogP contribution in [0.4, 0.5) is 17.1 Å². The summed E-state index contributed by atoms with van der Waals surface area (Å²) in [5.41, 5.74) is 16.6. The fourth-order valence-corrected chi connectivity index (χ4v) is 8.71.